The quantitative estimate of drug-likeness (QED) is 0.812. The highest BCUT2D eigenvalue weighted by atomic mass is 14.9. The second-order valence-corrected chi connectivity index (χ2v) is 4.49. The van der Waals surface area contributed by atoms with E-state index in [-0.39, 0.29) is 0 Å². The van der Waals surface area contributed by atoms with Crippen LogP contribution in [-0.4, -0.2) is 0 Å². The van der Waals surface area contributed by atoms with Crippen molar-refractivity contribution in [2.45, 2.75) is 19.8 Å². The van der Waals surface area contributed by atoms with Gasteiger partial charge in [0.25, 0.3) is 0 Å². The van der Waals surface area contributed by atoms with Gasteiger partial charge in [-0.25, -0.2) is 0 Å². The van der Waals surface area contributed by atoms with Crippen molar-refractivity contribution in [3.63, 3.8) is 0 Å². The highest BCUT2D eigenvalue weighted by molar-refractivity contribution is 5.69. The van der Waals surface area contributed by atoms with Crippen molar-refractivity contribution in [1.82, 2.24) is 0 Å². The molecular weight excluding hydrogens is 234 g/mol. The van der Waals surface area contributed by atoms with Crippen molar-refractivity contribution in [3.05, 3.63) is 53.6 Å². The lowest BCUT2D eigenvalue weighted by molar-refractivity contribution is 0.922. The molecule has 0 amide bonds. The first-order valence-corrected chi connectivity index (χ1v) is 6.38. The molecule has 2 rings (SSSR count). The Morgan fingerprint density at radius 1 is 1.16 bits per heavy atom. The van der Waals surface area contributed by atoms with Gasteiger partial charge in [-0.3, -0.25) is 0 Å². The van der Waals surface area contributed by atoms with E-state index in [0.29, 0.717) is 11.3 Å². The van der Waals surface area contributed by atoms with Gasteiger partial charge in [0.2, 0.25) is 0 Å². The van der Waals surface area contributed by atoms with E-state index in [0.717, 1.165) is 24.2 Å². The van der Waals surface area contributed by atoms with E-state index in [2.05, 4.69) is 30.4 Å². The number of hydrogen-bond acceptors (Lipinski definition) is 3. The Morgan fingerprint density at radius 3 is 2.53 bits per heavy atom. The van der Waals surface area contributed by atoms with Crippen LogP contribution in [0.25, 0.3) is 0 Å². The molecule has 0 aliphatic heterocycles. The molecule has 0 radical (unpaired) electrons. The minimum atomic E-state index is 0.553. The number of nitrogens with one attached hydrogen (secondary N) is 1. The SMILES string of the molecule is CCCc1ccc(Nc2ccc(N)cc2C#N)cc1. The number of aryl methyl sites for hydroxylation is 1. The normalized spacial score (nSPS) is 9.89. The van der Waals surface area contributed by atoms with Crippen LogP contribution in [0.1, 0.15) is 24.5 Å². The van der Waals surface area contributed by atoms with Crippen LogP contribution in [0.3, 0.4) is 0 Å². The van der Waals surface area contributed by atoms with Crippen LogP contribution in [0.15, 0.2) is 42.5 Å². The fraction of sp³-hybridized carbons (Fsp3) is 0.188. The lowest BCUT2D eigenvalue weighted by Gasteiger charge is -2.09. The monoisotopic (exact) mass is 251 g/mol. The molecule has 0 fully saturated rings. The van der Waals surface area contributed by atoms with Gasteiger partial charge < -0.3 is 11.1 Å². The summed E-state index contributed by atoms with van der Waals surface area (Å²) >= 11 is 0. The topological polar surface area (TPSA) is 61.8 Å². The molecule has 0 aromatic heterocycles. The smallest absolute Gasteiger partial charge is 0.101 e. The Labute approximate surface area is 113 Å². The van der Waals surface area contributed by atoms with Gasteiger partial charge in [0, 0.05) is 11.4 Å². The molecule has 3 nitrogen and oxygen atoms in total. The van der Waals surface area contributed by atoms with Crippen LogP contribution in [-0.2, 0) is 6.42 Å². The van der Waals surface area contributed by atoms with E-state index in [4.69, 9.17) is 11.0 Å². The molecule has 0 heterocycles. The summed E-state index contributed by atoms with van der Waals surface area (Å²) < 4.78 is 0. The largest absolute Gasteiger partial charge is 0.399 e. The van der Waals surface area contributed by atoms with E-state index in [9.17, 15) is 0 Å². The molecule has 0 atom stereocenters. The molecule has 0 bridgehead atoms. The van der Waals surface area contributed by atoms with E-state index in [1.165, 1.54) is 5.56 Å². The van der Waals surface area contributed by atoms with Crippen LogP contribution in [0, 0.1) is 11.3 Å². The molecule has 2 aromatic carbocycles. The first kappa shape index (κ1) is 13.0. The maximum Gasteiger partial charge on any atom is 0.101 e. The van der Waals surface area contributed by atoms with Crippen LogP contribution >= 0.6 is 0 Å². The maximum absolute atomic E-state index is 9.09. The lowest BCUT2D eigenvalue weighted by atomic mass is 10.1. The molecule has 96 valence electrons. The molecule has 19 heavy (non-hydrogen) atoms. The number of rotatable bonds is 4. The van der Waals surface area contributed by atoms with Gasteiger partial charge in [-0.2, -0.15) is 5.26 Å². The number of anilines is 3. The van der Waals surface area contributed by atoms with Crippen molar-refractivity contribution < 1.29 is 0 Å². The first-order chi connectivity index (χ1) is 9.22. The zero-order valence-corrected chi connectivity index (χ0v) is 11.0. The maximum atomic E-state index is 9.09. The third-order valence-corrected chi connectivity index (χ3v) is 2.94. The Hall–Kier alpha value is -2.47. The molecule has 0 saturated carbocycles. The van der Waals surface area contributed by atoms with Gasteiger partial charge in [0.05, 0.1) is 11.3 Å². The summed E-state index contributed by atoms with van der Waals surface area (Å²) in [4.78, 5) is 0. The minimum absolute atomic E-state index is 0.553. The number of nitrogens with zero attached hydrogens (tertiary/aromatic N) is 1. The lowest BCUT2D eigenvalue weighted by Crippen LogP contribution is -1.95. The molecule has 2 aromatic rings. The second kappa shape index (κ2) is 5.92. The van der Waals surface area contributed by atoms with E-state index < -0.39 is 0 Å². The highest BCUT2D eigenvalue weighted by Crippen LogP contribution is 2.23. The molecule has 0 aliphatic carbocycles. The number of nitriles is 1. The number of nitrogens with two attached hydrogens (primary N) is 1. The highest BCUT2D eigenvalue weighted by Gasteiger charge is 2.03. The third kappa shape index (κ3) is 3.26. The van der Waals surface area contributed by atoms with Crippen molar-refractivity contribution >= 4 is 17.1 Å². The van der Waals surface area contributed by atoms with Crippen molar-refractivity contribution in [2.24, 2.45) is 0 Å². The predicted molar refractivity (Wildman–Crippen MR) is 79.3 cm³/mol. The summed E-state index contributed by atoms with van der Waals surface area (Å²) in [6.07, 6.45) is 2.23. The zero-order valence-electron chi connectivity index (χ0n) is 11.0. The summed E-state index contributed by atoms with van der Waals surface area (Å²) in [5.41, 5.74) is 9.90. The average molecular weight is 251 g/mol. The van der Waals surface area contributed by atoms with E-state index in [1.54, 1.807) is 12.1 Å². The molecule has 0 saturated heterocycles. The van der Waals surface area contributed by atoms with Crippen LogP contribution in [0.2, 0.25) is 0 Å². The Kier molecular flexibility index (Phi) is 4.04. The third-order valence-electron chi connectivity index (χ3n) is 2.94. The summed E-state index contributed by atoms with van der Waals surface area (Å²) in [6.45, 7) is 2.17. The van der Waals surface area contributed by atoms with Crippen molar-refractivity contribution in [3.8, 4) is 6.07 Å². The van der Waals surface area contributed by atoms with Crippen LogP contribution in [0.5, 0.6) is 0 Å². The molecule has 3 heteroatoms. The zero-order chi connectivity index (χ0) is 13.7. The van der Waals surface area contributed by atoms with Gasteiger partial charge in [-0.1, -0.05) is 25.5 Å². The number of benzene rings is 2. The van der Waals surface area contributed by atoms with Crippen molar-refractivity contribution in [1.29, 1.82) is 5.26 Å². The summed E-state index contributed by atoms with van der Waals surface area (Å²) in [5.74, 6) is 0. The standard InChI is InChI=1S/C16H17N3/c1-2-3-12-4-7-15(8-5-12)19-16-9-6-14(18)10-13(16)11-17/h4-10,19H,2-3,18H2,1H3. The van der Waals surface area contributed by atoms with Gasteiger partial charge >= 0.3 is 0 Å². The molecule has 3 N–H and O–H groups in total. The Bertz CT molecular complexity index is 594. The average Bonchev–Trinajstić information content (AvgIpc) is 2.43. The van der Waals surface area contributed by atoms with Crippen LogP contribution < -0.4 is 11.1 Å². The first-order valence-electron chi connectivity index (χ1n) is 6.38. The predicted octanol–water partition coefficient (Wildman–Crippen LogP) is 3.84. The molecule has 0 spiro atoms. The van der Waals surface area contributed by atoms with Gasteiger partial charge in [-0.05, 0) is 42.3 Å². The summed E-state index contributed by atoms with van der Waals surface area (Å²) in [7, 11) is 0. The number of hydrogen-bond donors (Lipinski definition) is 2. The van der Waals surface area contributed by atoms with E-state index >= 15 is 0 Å². The molecule has 0 aliphatic rings. The van der Waals surface area contributed by atoms with Gasteiger partial charge in [0.15, 0.2) is 0 Å². The second-order valence-electron chi connectivity index (χ2n) is 4.49. The van der Waals surface area contributed by atoms with Crippen molar-refractivity contribution in [2.75, 3.05) is 11.1 Å². The van der Waals surface area contributed by atoms with E-state index in [1.807, 2.05) is 18.2 Å². The minimum Gasteiger partial charge on any atom is -0.399 e. The van der Waals surface area contributed by atoms with Gasteiger partial charge in [0.1, 0.15) is 6.07 Å². The molecule has 0 unspecified atom stereocenters. The van der Waals surface area contributed by atoms with Gasteiger partial charge in [-0.15, -0.1) is 0 Å². The van der Waals surface area contributed by atoms with Crippen LogP contribution in [0.4, 0.5) is 17.1 Å². The Balaban J connectivity index is 2.19. The summed E-state index contributed by atoms with van der Waals surface area (Å²) in [6, 6.07) is 15.7. The fourth-order valence-electron chi connectivity index (χ4n) is 1.96. The molecular formula is C16H17N3. The number of nitrogen functional groups attached to an aromatic ring is 1. The Morgan fingerprint density at radius 2 is 1.89 bits per heavy atom. The fourth-order valence-corrected chi connectivity index (χ4v) is 1.96. The summed E-state index contributed by atoms with van der Waals surface area (Å²) in [5, 5.41) is 12.3.